The van der Waals surface area contributed by atoms with E-state index in [9.17, 15) is 21.6 Å². The molecule has 2 N–H and O–H groups in total. The third kappa shape index (κ3) is 6.53. The van der Waals surface area contributed by atoms with Crippen molar-refractivity contribution in [2.75, 3.05) is 27.1 Å². The number of benzene rings is 3. The molecule has 1 amide bonds. The number of anilines is 3. The molecule has 0 atom stereocenters. The molecule has 11 heteroatoms. The van der Waals surface area contributed by atoms with E-state index in [2.05, 4.69) is 10.0 Å². The number of sulfonamides is 2. The van der Waals surface area contributed by atoms with Gasteiger partial charge in [0, 0.05) is 10.7 Å². The van der Waals surface area contributed by atoms with Gasteiger partial charge in [-0.15, -0.1) is 0 Å². The minimum atomic E-state index is -3.84. The molecule has 3 aromatic rings. The first-order valence-electron chi connectivity index (χ1n) is 10.5. The highest BCUT2D eigenvalue weighted by molar-refractivity contribution is 7.92. The maximum Gasteiger partial charge on any atom is 0.261 e. The number of rotatable bonds is 8. The van der Waals surface area contributed by atoms with Crippen molar-refractivity contribution in [3.05, 3.63) is 82.4 Å². The third-order valence-corrected chi connectivity index (χ3v) is 8.20. The second-order valence-corrected chi connectivity index (χ2v) is 12.1. The summed E-state index contributed by atoms with van der Waals surface area (Å²) in [5.74, 6) is -0.598. The van der Waals surface area contributed by atoms with Crippen LogP contribution in [0.2, 0.25) is 5.02 Å². The second-order valence-electron chi connectivity index (χ2n) is 8.15. The summed E-state index contributed by atoms with van der Waals surface area (Å²) in [6, 6.07) is 15.9. The zero-order chi connectivity index (χ0) is 26.0. The molecule has 0 aliphatic heterocycles. The van der Waals surface area contributed by atoms with E-state index in [1.807, 2.05) is 19.1 Å². The average molecular weight is 536 g/mol. The molecule has 0 aromatic heterocycles. The summed E-state index contributed by atoms with van der Waals surface area (Å²) < 4.78 is 53.8. The molecule has 35 heavy (non-hydrogen) atoms. The Hall–Kier alpha value is -3.08. The zero-order valence-corrected chi connectivity index (χ0v) is 22.1. The summed E-state index contributed by atoms with van der Waals surface area (Å²) in [6.45, 7) is 4.86. The van der Waals surface area contributed by atoms with Crippen LogP contribution in [0.4, 0.5) is 17.1 Å². The lowest BCUT2D eigenvalue weighted by Crippen LogP contribution is -2.37. The molecule has 0 fully saturated rings. The number of carbonyl (C=O) groups excluding carboxylic acids is 1. The monoisotopic (exact) mass is 535 g/mol. The Morgan fingerprint density at radius 2 is 1.60 bits per heavy atom. The van der Waals surface area contributed by atoms with E-state index in [1.165, 1.54) is 24.3 Å². The molecular weight excluding hydrogens is 510 g/mol. The largest absolute Gasteiger partial charge is 0.325 e. The summed E-state index contributed by atoms with van der Waals surface area (Å²) in [5.41, 5.74) is 3.33. The van der Waals surface area contributed by atoms with Crippen molar-refractivity contribution in [3.8, 4) is 0 Å². The number of hydrogen-bond acceptors (Lipinski definition) is 5. The fourth-order valence-corrected chi connectivity index (χ4v) is 5.54. The molecule has 0 unspecified atom stereocenters. The van der Waals surface area contributed by atoms with Crippen molar-refractivity contribution < 1.29 is 21.6 Å². The van der Waals surface area contributed by atoms with E-state index < -0.39 is 32.5 Å². The molecule has 0 saturated carbocycles. The predicted octanol–water partition coefficient (Wildman–Crippen LogP) is 4.47. The van der Waals surface area contributed by atoms with E-state index in [0.29, 0.717) is 27.6 Å². The first-order valence-corrected chi connectivity index (χ1v) is 14.2. The molecule has 0 aliphatic carbocycles. The number of hydrogen-bond donors (Lipinski definition) is 2. The van der Waals surface area contributed by atoms with E-state index in [4.69, 9.17) is 11.6 Å². The van der Waals surface area contributed by atoms with Crippen molar-refractivity contribution in [2.24, 2.45) is 0 Å². The minimum absolute atomic E-state index is 0.0173. The van der Waals surface area contributed by atoms with Gasteiger partial charge in [0.25, 0.3) is 10.0 Å². The highest BCUT2D eigenvalue weighted by atomic mass is 35.5. The molecule has 0 spiro atoms. The molecule has 186 valence electrons. The normalized spacial score (nSPS) is 11.7. The van der Waals surface area contributed by atoms with Crippen molar-refractivity contribution in [1.29, 1.82) is 0 Å². The van der Waals surface area contributed by atoms with Gasteiger partial charge < -0.3 is 5.32 Å². The van der Waals surface area contributed by atoms with E-state index >= 15 is 0 Å². The summed E-state index contributed by atoms with van der Waals surface area (Å²) in [7, 11) is -7.62. The van der Waals surface area contributed by atoms with Crippen molar-refractivity contribution in [3.63, 3.8) is 0 Å². The lowest BCUT2D eigenvalue weighted by atomic mass is 10.1. The Bertz CT molecular complexity index is 1470. The van der Waals surface area contributed by atoms with Crippen molar-refractivity contribution in [2.45, 2.75) is 25.7 Å². The predicted molar refractivity (Wildman–Crippen MR) is 140 cm³/mol. The Balaban J connectivity index is 1.75. The first-order chi connectivity index (χ1) is 16.3. The van der Waals surface area contributed by atoms with E-state index in [0.717, 1.165) is 21.7 Å². The second kappa shape index (κ2) is 10.3. The van der Waals surface area contributed by atoms with E-state index in [1.54, 1.807) is 38.1 Å². The van der Waals surface area contributed by atoms with Gasteiger partial charge in [-0.1, -0.05) is 29.8 Å². The quantitative estimate of drug-likeness (QED) is 0.442. The van der Waals surface area contributed by atoms with Gasteiger partial charge in [-0.2, -0.15) is 0 Å². The van der Waals surface area contributed by atoms with Crippen LogP contribution >= 0.6 is 11.6 Å². The van der Waals surface area contributed by atoms with Crippen LogP contribution in [-0.4, -0.2) is 35.5 Å². The Morgan fingerprint density at radius 3 is 2.23 bits per heavy atom. The van der Waals surface area contributed by atoms with Gasteiger partial charge in [-0.05, 0) is 79.9 Å². The smallest absolute Gasteiger partial charge is 0.261 e. The number of aryl methyl sites for hydroxylation is 2. The molecule has 8 nitrogen and oxygen atoms in total. The van der Waals surface area contributed by atoms with Gasteiger partial charge >= 0.3 is 0 Å². The molecule has 0 aliphatic rings. The van der Waals surface area contributed by atoms with Gasteiger partial charge in [-0.3, -0.25) is 13.8 Å². The average Bonchev–Trinajstić information content (AvgIpc) is 2.76. The molecule has 3 aromatic carbocycles. The topological polar surface area (TPSA) is 113 Å². The molecule has 0 radical (unpaired) electrons. The van der Waals surface area contributed by atoms with Gasteiger partial charge in [-0.25, -0.2) is 16.8 Å². The van der Waals surface area contributed by atoms with Gasteiger partial charge in [0.1, 0.15) is 6.54 Å². The highest BCUT2D eigenvalue weighted by Crippen LogP contribution is 2.28. The molecule has 0 saturated heterocycles. The molecule has 3 rings (SSSR count). The fourth-order valence-electron chi connectivity index (χ4n) is 3.35. The van der Waals surface area contributed by atoms with Crippen LogP contribution in [0.1, 0.15) is 16.7 Å². The molecule has 0 heterocycles. The number of amides is 1. The number of halogens is 1. The standard InChI is InChI=1S/C24H26ClN3O5S2/c1-16-8-9-17(2)22(14-16)27-35(32,33)20-12-10-19(11-13-20)26-24(29)15-28(34(4,30)31)23-7-5-6-21(25)18(23)3/h5-14,27H,15H2,1-4H3,(H,26,29). The van der Waals surface area contributed by atoms with Crippen LogP contribution in [0, 0.1) is 20.8 Å². The number of nitrogens with one attached hydrogen (secondary N) is 2. The number of carbonyl (C=O) groups is 1. The maximum atomic E-state index is 12.8. The maximum absolute atomic E-state index is 12.8. The van der Waals surface area contributed by atoms with Crippen LogP contribution in [0.25, 0.3) is 0 Å². The third-order valence-electron chi connectivity index (χ3n) is 5.28. The van der Waals surface area contributed by atoms with Gasteiger partial charge in [0.15, 0.2) is 0 Å². The zero-order valence-electron chi connectivity index (χ0n) is 19.7. The summed E-state index contributed by atoms with van der Waals surface area (Å²) in [6.07, 6.45) is 1.00. The Labute approximate surface area is 211 Å². The summed E-state index contributed by atoms with van der Waals surface area (Å²) >= 11 is 6.12. The summed E-state index contributed by atoms with van der Waals surface area (Å²) in [4.78, 5) is 12.7. The lowest BCUT2D eigenvalue weighted by molar-refractivity contribution is -0.114. The molecule has 0 bridgehead atoms. The van der Waals surface area contributed by atoms with Crippen LogP contribution in [0.3, 0.4) is 0 Å². The Morgan fingerprint density at radius 1 is 0.943 bits per heavy atom. The van der Waals surface area contributed by atoms with Crippen LogP contribution in [-0.2, 0) is 24.8 Å². The van der Waals surface area contributed by atoms with E-state index in [-0.39, 0.29) is 4.90 Å². The van der Waals surface area contributed by atoms with Crippen molar-refractivity contribution >= 4 is 54.6 Å². The van der Waals surface area contributed by atoms with Crippen LogP contribution < -0.4 is 14.3 Å². The van der Waals surface area contributed by atoms with Crippen LogP contribution in [0.15, 0.2) is 65.6 Å². The number of nitrogens with zero attached hydrogens (tertiary/aromatic N) is 1. The summed E-state index contributed by atoms with van der Waals surface area (Å²) in [5, 5.41) is 2.98. The Kier molecular flexibility index (Phi) is 7.78. The lowest BCUT2D eigenvalue weighted by Gasteiger charge is -2.24. The van der Waals surface area contributed by atoms with Crippen LogP contribution in [0.5, 0.6) is 0 Å². The van der Waals surface area contributed by atoms with Gasteiger partial charge in [0.05, 0.1) is 22.5 Å². The fraction of sp³-hybridized carbons (Fsp3) is 0.208. The molecular formula is C24H26ClN3O5S2. The first kappa shape index (κ1) is 26.5. The SMILES string of the molecule is Cc1ccc(C)c(NS(=O)(=O)c2ccc(NC(=O)CN(c3cccc(Cl)c3C)S(C)(=O)=O)cc2)c1. The highest BCUT2D eigenvalue weighted by Gasteiger charge is 2.23. The van der Waals surface area contributed by atoms with Gasteiger partial charge in [0.2, 0.25) is 15.9 Å². The minimum Gasteiger partial charge on any atom is -0.325 e. The van der Waals surface area contributed by atoms with Crippen molar-refractivity contribution in [1.82, 2.24) is 0 Å².